The Morgan fingerprint density at radius 2 is 1.69 bits per heavy atom. The lowest BCUT2D eigenvalue weighted by Gasteiger charge is -2.35. The van der Waals surface area contributed by atoms with Crippen molar-refractivity contribution in [3.05, 3.63) is 59.7 Å². The Morgan fingerprint density at radius 1 is 1.00 bits per heavy atom. The Balaban J connectivity index is 1.30. The molecule has 2 saturated heterocycles. The first-order valence-corrected chi connectivity index (χ1v) is 11.3. The fourth-order valence-electron chi connectivity index (χ4n) is 4.35. The molecule has 4 amide bonds. The number of hydrogen-bond acceptors (Lipinski definition) is 3. The Morgan fingerprint density at radius 3 is 2.34 bits per heavy atom. The maximum absolute atomic E-state index is 13.1. The second-order valence-corrected chi connectivity index (χ2v) is 8.54. The van der Waals surface area contributed by atoms with Crippen LogP contribution in [0.3, 0.4) is 0 Å². The number of amides is 4. The monoisotopic (exact) mass is 434 g/mol. The van der Waals surface area contributed by atoms with Crippen molar-refractivity contribution < 1.29 is 14.4 Å². The van der Waals surface area contributed by atoms with Crippen molar-refractivity contribution in [2.75, 3.05) is 42.9 Å². The lowest BCUT2D eigenvalue weighted by molar-refractivity contribution is -0.137. The molecule has 168 valence electrons. The van der Waals surface area contributed by atoms with Gasteiger partial charge in [-0.2, -0.15) is 0 Å². The van der Waals surface area contributed by atoms with Gasteiger partial charge in [-0.3, -0.25) is 9.59 Å². The summed E-state index contributed by atoms with van der Waals surface area (Å²) >= 11 is 0. The smallest absolute Gasteiger partial charge is 0.321 e. The van der Waals surface area contributed by atoms with Crippen LogP contribution in [0.25, 0.3) is 0 Å². The van der Waals surface area contributed by atoms with Crippen LogP contribution in [0, 0.1) is 12.8 Å². The molecule has 0 saturated carbocycles. The van der Waals surface area contributed by atoms with E-state index in [1.807, 2.05) is 55.5 Å². The van der Waals surface area contributed by atoms with Crippen LogP contribution in [0.2, 0.25) is 0 Å². The number of rotatable bonds is 4. The summed E-state index contributed by atoms with van der Waals surface area (Å²) in [5.41, 5.74) is 3.92. The fraction of sp³-hybridized carbons (Fsp3) is 0.400. The normalized spacial score (nSPS) is 18.8. The minimum Gasteiger partial charge on any atom is -0.339 e. The topological polar surface area (TPSA) is 73.0 Å². The third-order valence-corrected chi connectivity index (χ3v) is 6.28. The number of piperazine rings is 1. The first-order valence-electron chi connectivity index (χ1n) is 11.3. The second kappa shape index (κ2) is 9.42. The minimum absolute atomic E-state index is 0.00442. The van der Waals surface area contributed by atoms with Gasteiger partial charge < -0.3 is 20.0 Å². The van der Waals surface area contributed by atoms with Gasteiger partial charge in [0.05, 0.1) is 5.92 Å². The van der Waals surface area contributed by atoms with Crippen molar-refractivity contribution >= 4 is 29.2 Å². The average molecular weight is 435 g/mol. The molecule has 7 heteroatoms. The second-order valence-electron chi connectivity index (χ2n) is 8.54. The molecule has 0 aromatic heterocycles. The van der Waals surface area contributed by atoms with Gasteiger partial charge in [-0.15, -0.1) is 0 Å². The van der Waals surface area contributed by atoms with E-state index in [2.05, 4.69) is 12.2 Å². The van der Waals surface area contributed by atoms with E-state index >= 15 is 0 Å². The van der Waals surface area contributed by atoms with Crippen molar-refractivity contribution in [2.24, 2.45) is 5.92 Å². The maximum Gasteiger partial charge on any atom is 0.321 e. The molecule has 2 aromatic rings. The zero-order valence-corrected chi connectivity index (χ0v) is 18.7. The molecule has 4 rings (SSSR count). The molecule has 1 unspecified atom stereocenters. The summed E-state index contributed by atoms with van der Waals surface area (Å²) in [5, 5.41) is 2.92. The number of nitrogens with zero attached hydrogens (tertiary/aromatic N) is 3. The van der Waals surface area contributed by atoms with Crippen LogP contribution in [0.4, 0.5) is 16.2 Å². The summed E-state index contributed by atoms with van der Waals surface area (Å²) in [7, 11) is 0. The van der Waals surface area contributed by atoms with Gasteiger partial charge in [0, 0.05) is 50.5 Å². The van der Waals surface area contributed by atoms with Crippen LogP contribution in [0.5, 0.6) is 0 Å². The first kappa shape index (κ1) is 21.9. The van der Waals surface area contributed by atoms with Crippen LogP contribution >= 0.6 is 0 Å². The van der Waals surface area contributed by atoms with E-state index in [1.54, 1.807) is 14.7 Å². The molecule has 1 N–H and O–H groups in total. The van der Waals surface area contributed by atoms with Crippen LogP contribution in [0.15, 0.2) is 48.5 Å². The summed E-state index contributed by atoms with van der Waals surface area (Å²) in [6.07, 6.45) is 1.19. The average Bonchev–Trinajstić information content (AvgIpc) is 3.20. The molecule has 32 heavy (non-hydrogen) atoms. The molecule has 2 aromatic carbocycles. The van der Waals surface area contributed by atoms with E-state index in [9.17, 15) is 14.4 Å². The summed E-state index contributed by atoms with van der Waals surface area (Å²) in [6, 6.07) is 15.5. The number of carbonyl (C=O) groups is 3. The van der Waals surface area contributed by atoms with Crippen LogP contribution in [-0.2, 0) is 16.0 Å². The summed E-state index contributed by atoms with van der Waals surface area (Å²) in [5.74, 6) is -0.338. The molecular formula is C25H30N4O3. The Bertz CT molecular complexity index is 997. The van der Waals surface area contributed by atoms with Crippen LogP contribution in [-0.4, -0.2) is 60.4 Å². The highest BCUT2D eigenvalue weighted by Crippen LogP contribution is 2.27. The van der Waals surface area contributed by atoms with Crippen molar-refractivity contribution in [3.63, 3.8) is 0 Å². The van der Waals surface area contributed by atoms with E-state index in [0.717, 1.165) is 23.4 Å². The standard InChI is InChI=1S/C25H30N4O3/c1-3-19-7-9-22(10-8-19)29-17-20(16-23(29)30)24(31)27-11-13-28(14-12-27)25(32)26-21-6-4-5-18(2)15-21/h4-10,15,20H,3,11-14,16-17H2,1-2H3,(H,26,32). The Labute approximate surface area is 189 Å². The molecule has 2 fully saturated rings. The number of aryl methyl sites for hydroxylation is 2. The molecule has 0 bridgehead atoms. The van der Waals surface area contributed by atoms with Gasteiger partial charge in [-0.1, -0.05) is 31.2 Å². The summed E-state index contributed by atoms with van der Waals surface area (Å²) in [4.78, 5) is 43.4. The van der Waals surface area contributed by atoms with Crippen LogP contribution < -0.4 is 10.2 Å². The Kier molecular flexibility index (Phi) is 6.44. The highest BCUT2D eigenvalue weighted by atomic mass is 16.2. The molecule has 0 radical (unpaired) electrons. The molecule has 7 nitrogen and oxygen atoms in total. The molecule has 2 heterocycles. The van der Waals surface area contributed by atoms with Gasteiger partial charge in [0.25, 0.3) is 0 Å². The molecule has 2 aliphatic rings. The number of urea groups is 1. The van der Waals surface area contributed by atoms with E-state index in [4.69, 9.17) is 0 Å². The lowest BCUT2D eigenvalue weighted by atomic mass is 10.1. The van der Waals surface area contributed by atoms with Crippen molar-refractivity contribution in [3.8, 4) is 0 Å². The van der Waals surface area contributed by atoms with Gasteiger partial charge in [-0.25, -0.2) is 4.79 Å². The minimum atomic E-state index is -0.332. The van der Waals surface area contributed by atoms with Gasteiger partial charge in [0.2, 0.25) is 11.8 Å². The van der Waals surface area contributed by atoms with Crippen LogP contribution in [0.1, 0.15) is 24.5 Å². The number of nitrogens with one attached hydrogen (secondary N) is 1. The van der Waals surface area contributed by atoms with Crippen molar-refractivity contribution in [1.82, 2.24) is 9.80 Å². The van der Waals surface area contributed by atoms with E-state index < -0.39 is 0 Å². The third kappa shape index (κ3) is 4.77. The zero-order chi connectivity index (χ0) is 22.7. The quantitative estimate of drug-likeness (QED) is 0.803. The summed E-state index contributed by atoms with van der Waals surface area (Å²) in [6.45, 7) is 6.41. The third-order valence-electron chi connectivity index (χ3n) is 6.28. The molecule has 1 atom stereocenters. The van der Waals surface area contributed by atoms with E-state index in [0.29, 0.717) is 32.7 Å². The molecular weight excluding hydrogens is 404 g/mol. The molecule has 2 aliphatic heterocycles. The lowest BCUT2D eigenvalue weighted by Crippen LogP contribution is -2.53. The SMILES string of the molecule is CCc1ccc(N2CC(C(=O)N3CCN(C(=O)Nc4cccc(C)c4)CC3)CC2=O)cc1. The maximum atomic E-state index is 13.1. The highest BCUT2D eigenvalue weighted by Gasteiger charge is 2.38. The number of carbonyl (C=O) groups excluding carboxylic acids is 3. The number of hydrogen-bond donors (Lipinski definition) is 1. The zero-order valence-electron chi connectivity index (χ0n) is 18.7. The van der Waals surface area contributed by atoms with Gasteiger partial charge >= 0.3 is 6.03 Å². The molecule has 0 aliphatic carbocycles. The first-order chi connectivity index (χ1) is 15.4. The van der Waals surface area contributed by atoms with E-state index in [-0.39, 0.29) is 30.2 Å². The van der Waals surface area contributed by atoms with E-state index in [1.165, 1.54) is 5.56 Å². The Hall–Kier alpha value is -3.35. The number of anilines is 2. The number of benzene rings is 2. The van der Waals surface area contributed by atoms with Gasteiger partial charge in [0.1, 0.15) is 0 Å². The van der Waals surface area contributed by atoms with Crippen molar-refractivity contribution in [2.45, 2.75) is 26.7 Å². The predicted molar refractivity (Wildman–Crippen MR) is 125 cm³/mol. The molecule has 0 spiro atoms. The summed E-state index contributed by atoms with van der Waals surface area (Å²) < 4.78 is 0. The fourth-order valence-corrected chi connectivity index (χ4v) is 4.35. The largest absolute Gasteiger partial charge is 0.339 e. The van der Waals surface area contributed by atoms with Gasteiger partial charge in [0.15, 0.2) is 0 Å². The van der Waals surface area contributed by atoms with Gasteiger partial charge in [-0.05, 0) is 48.7 Å². The predicted octanol–water partition coefficient (Wildman–Crippen LogP) is 3.29. The van der Waals surface area contributed by atoms with Crippen molar-refractivity contribution in [1.29, 1.82) is 0 Å². The highest BCUT2D eigenvalue weighted by molar-refractivity contribution is 6.00.